The van der Waals surface area contributed by atoms with Gasteiger partial charge in [0, 0.05) is 12.6 Å². The maximum Gasteiger partial charge on any atom is 0.451 e. The Balaban J connectivity index is 2.95. The summed E-state index contributed by atoms with van der Waals surface area (Å²) >= 11 is 5.44. The van der Waals surface area contributed by atoms with E-state index in [9.17, 15) is 13.2 Å². The molecule has 0 saturated carbocycles. The Morgan fingerprint density at radius 1 is 1.40 bits per heavy atom. The van der Waals surface area contributed by atoms with Crippen LogP contribution in [0.5, 0.6) is 0 Å². The molecule has 1 N–H and O–H groups in total. The fourth-order valence-corrected chi connectivity index (χ4v) is 1.07. The number of hydrogen-bond acceptors (Lipinski definition) is 3. The van der Waals surface area contributed by atoms with Crippen molar-refractivity contribution < 1.29 is 13.2 Å². The molecule has 1 aromatic heterocycles. The zero-order chi connectivity index (χ0) is 11.5. The molecule has 1 rings (SSSR count). The third-order valence-electron chi connectivity index (χ3n) is 1.50. The van der Waals surface area contributed by atoms with E-state index >= 15 is 0 Å². The van der Waals surface area contributed by atoms with Crippen molar-refractivity contribution in [3.63, 3.8) is 0 Å². The van der Waals surface area contributed by atoms with Gasteiger partial charge in [0.1, 0.15) is 11.0 Å². The first-order valence-corrected chi connectivity index (χ1v) is 4.67. The van der Waals surface area contributed by atoms with Crippen molar-refractivity contribution in [3.8, 4) is 0 Å². The van der Waals surface area contributed by atoms with E-state index in [0.29, 0.717) is 6.54 Å². The third kappa shape index (κ3) is 3.54. The Morgan fingerprint density at radius 2 is 2.07 bits per heavy atom. The SMILES string of the molecule is CCCNc1cc(Cl)nc(C(F)(F)F)n1. The topological polar surface area (TPSA) is 37.8 Å². The Kier molecular flexibility index (Phi) is 3.73. The van der Waals surface area contributed by atoms with Crippen molar-refractivity contribution >= 4 is 17.4 Å². The summed E-state index contributed by atoms with van der Waals surface area (Å²) in [7, 11) is 0. The first kappa shape index (κ1) is 12.0. The molecule has 0 unspecified atom stereocenters. The molecular weight excluding hydrogens is 231 g/mol. The molecule has 0 bridgehead atoms. The van der Waals surface area contributed by atoms with Gasteiger partial charge < -0.3 is 5.32 Å². The summed E-state index contributed by atoms with van der Waals surface area (Å²) in [5, 5.41) is 2.49. The number of nitrogens with zero attached hydrogens (tertiary/aromatic N) is 2. The van der Waals surface area contributed by atoms with Gasteiger partial charge in [0.15, 0.2) is 0 Å². The summed E-state index contributed by atoms with van der Waals surface area (Å²) < 4.78 is 36.8. The molecule has 0 aliphatic heterocycles. The lowest BCUT2D eigenvalue weighted by Crippen LogP contribution is -2.13. The Bertz CT molecular complexity index is 340. The van der Waals surface area contributed by atoms with Gasteiger partial charge in [-0.3, -0.25) is 0 Å². The Hall–Kier alpha value is -1.04. The van der Waals surface area contributed by atoms with Crippen molar-refractivity contribution in [2.24, 2.45) is 0 Å². The number of anilines is 1. The fourth-order valence-electron chi connectivity index (χ4n) is 0.888. The largest absolute Gasteiger partial charge is 0.451 e. The lowest BCUT2D eigenvalue weighted by molar-refractivity contribution is -0.144. The van der Waals surface area contributed by atoms with Crippen LogP contribution in [0.15, 0.2) is 6.07 Å². The van der Waals surface area contributed by atoms with Crippen LogP contribution in [-0.2, 0) is 6.18 Å². The molecule has 0 amide bonds. The normalized spacial score (nSPS) is 11.5. The predicted molar refractivity (Wildman–Crippen MR) is 50.8 cm³/mol. The first-order chi connectivity index (χ1) is 6.93. The minimum Gasteiger partial charge on any atom is -0.370 e. The highest BCUT2D eigenvalue weighted by Gasteiger charge is 2.35. The monoisotopic (exact) mass is 239 g/mol. The van der Waals surface area contributed by atoms with Crippen LogP contribution in [0.25, 0.3) is 0 Å². The van der Waals surface area contributed by atoms with E-state index in [2.05, 4.69) is 15.3 Å². The van der Waals surface area contributed by atoms with Gasteiger partial charge in [-0.1, -0.05) is 18.5 Å². The molecule has 0 aromatic carbocycles. The highest BCUT2D eigenvalue weighted by atomic mass is 35.5. The van der Waals surface area contributed by atoms with Crippen molar-refractivity contribution in [2.45, 2.75) is 19.5 Å². The van der Waals surface area contributed by atoms with E-state index in [1.165, 1.54) is 6.07 Å². The smallest absolute Gasteiger partial charge is 0.370 e. The second-order valence-electron chi connectivity index (χ2n) is 2.82. The summed E-state index contributed by atoms with van der Waals surface area (Å²) in [6.45, 7) is 2.42. The molecular formula is C8H9ClF3N3. The summed E-state index contributed by atoms with van der Waals surface area (Å²) in [5.41, 5.74) is 0. The number of halogens is 4. The van der Waals surface area contributed by atoms with Crippen LogP contribution in [-0.4, -0.2) is 16.5 Å². The van der Waals surface area contributed by atoms with Crippen LogP contribution in [0, 0.1) is 0 Å². The van der Waals surface area contributed by atoms with Crippen LogP contribution >= 0.6 is 11.6 Å². The van der Waals surface area contributed by atoms with E-state index in [0.717, 1.165) is 6.42 Å². The average Bonchev–Trinajstić information content (AvgIpc) is 2.12. The van der Waals surface area contributed by atoms with E-state index in [1.807, 2.05) is 6.92 Å². The van der Waals surface area contributed by atoms with Gasteiger partial charge in [-0.2, -0.15) is 13.2 Å². The van der Waals surface area contributed by atoms with Crippen molar-refractivity contribution in [1.29, 1.82) is 0 Å². The number of alkyl halides is 3. The molecule has 0 atom stereocenters. The van der Waals surface area contributed by atoms with E-state index in [-0.39, 0.29) is 11.0 Å². The second-order valence-corrected chi connectivity index (χ2v) is 3.21. The lowest BCUT2D eigenvalue weighted by Gasteiger charge is -2.08. The maximum absolute atomic E-state index is 12.3. The molecule has 0 aliphatic rings. The molecule has 0 fully saturated rings. The van der Waals surface area contributed by atoms with Crippen LogP contribution < -0.4 is 5.32 Å². The van der Waals surface area contributed by atoms with Gasteiger partial charge in [0.2, 0.25) is 5.82 Å². The number of hydrogen-bond donors (Lipinski definition) is 1. The van der Waals surface area contributed by atoms with Crippen LogP contribution in [0.2, 0.25) is 5.15 Å². The van der Waals surface area contributed by atoms with Crippen LogP contribution in [0.3, 0.4) is 0 Å². The van der Waals surface area contributed by atoms with E-state index < -0.39 is 12.0 Å². The second kappa shape index (κ2) is 4.65. The molecule has 15 heavy (non-hydrogen) atoms. The van der Waals surface area contributed by atoms with E-state index in [1.54, 1.807) is 0 Å². The molecule has 1 aromatic rings. The number of rotatable bonds is 3. The Morgan fingerprint density at radius 3 is 2.60 bits per heavy atom. The molecule has 0 saturated heterocycles. The summed E-state index contributed by atoms with van der Waals surface area (Å²) in [6.07, 6.45) is -3.80. The lowest BCUT2D eigenvalue weighted by atomic mass is 10.4. The summed E-state index contributed by atoms with van der Waals surface area (Å²) in [4.78, 5) is 6.41. The molecule has 1 heterocycles. The molecule has 0 radical (unpaired) electrons. The minimum absolute atomic E-state index is 0.0872. The molecule has 0 spiro atoms. The van der Waals surface area contributed by atoms with Gasteiger partial charge >= 0.3 is 6.18 Å². The highest BCUT2D eigenvalue weighted by Crippen LogP contribution is 2.28. The fraction of sp³-hybridized carbons (Fsp3) is 0.500. The zero-order valence-electron chi connectivity index (χ0n) is 7.90. The maximum atomic E-state index is 12.3. The van der Waals surface area contributed by atoms with Crippen molar-refractivity contribution in [1.82, 2.24) is 9.97 Å². The number of nitrogens with one attached hydrogen (secondary N) is 1. The van der Waals surface area contributed by atoms with Crippen LogP contribution in [0.4, 0.5) is 19.0 Å². The van der Waals surface area contributed by atoms with Gasteiger partial charge in [-0.05, 0) is 6.42 Å². The van der Waals surface area contributed by atoms with Gasteiger partial charge in [0.05, 0.1) is 0 Å². The van der Waals surface area contributed by atoms with Gasteiger partial charge in [-0.25, -0.2) is 9.97 Å². The van der Waals surface area contributed by atoms with E-state index in [4.69, 9.17) is 11.6 Å². The van der Waals surface area contributed by atoms with Gasteiger partial charge in [0.25, 0.3) is 0 Å². The van der Waals surface area contributed by atoms with Crippen molar-refractivity contribution in [2.75, 3.05) is 11.9 Å². The molecule has 3 nitrogen and oxygen atoms in total. The Labute approximate surface area is 89.7 Å². The summed E-state index contributed by atoms with van der Waals surface area (Å²) in [5.74, 6) is -1.14. The predicted octanol–water partition coefficient (Wildman–Crippen LogP) is 2.97. The quantitative estimate of drug-likeness (QED) is 0.824. The third-order valence-corrected chi connectivity index (χ3v) is 1.70. The minimum atomic E-state index is -4.58. The van der Waals surface area contributed by atoms with Crippen molar-refractivity contribution in [3.05, 3.63) is 17.0 Å². The van der Waals surface area contributed by atoms with Crippen LogP contribution in [0.1, 0.15) is 19.2 Å². The number of aromatic nitrogens is 2. The first-order valence-electron chi connectivity index (χ1n) is 4.29. The zero-order valence-corrected chi connectivity index (χ0v) is 8.65. The highest BCUT2D eigenvalue weighted by molar-refractivity contribution is 6.29. The van der Waals surface area contributed by atoms with Gasteiger partial charge in [-0.15, -0.1) is 0 Å². The molecule has 7 heteroatoms. The summed E-state index contributed by atoms with van der Waals surface area (Å²) in [6, 6.07) is 1.26. The average molecular weight is 240 g/mol. The standard InChI is InChI=1S/C8H9ClF3N3/c1-2-3-13-6-4-5(9)14-7(15-6)8(10,11)12/h4H,2-3H2,1H3,(H,13,14,15). The molecule has 84 valence electrons. The molecule has 0 aliphatic carbocycles.